The van der Waals surface area contributed by atoms with Crippen LogP contribution in [0.5, 0.6) is 0 Å². The van der Waals surface area contributed by atoms with Gasteiger partial charge >= 0.3 is 66.0 Å². The van der Waals surface area contributed by atoms with Gasteiger partial charge in [-0.2, -0.15) is 0 Å². The zero-order valence-electron chi connectivity index (χ0n) is 5.18. The summed E-state index contributed by atoms with van der Waals surface area (Å²) in [5, 5.41) is 8.24. The van der Waals surface area contributed by atoms with Crippen LogP contribution in [0.25, 0.3) is 0 Å². The van der Waals surface area contributed by atoms with Crippen LogP contribution in [0.1, 0.15) is 0 Å². The van der Waals surface area contributed by atoms with Crippen molar-refractivity contribution in [2.24, 2.45) is 0 Å². The van der Waals surface area contributed by atoms with Crippen molar-refractivity contribution in [1.29, 1.82) is 0 Å². The molecule has 5 heteroatoms. The molecule has 0 aliphatic carbocycles. The molecular formula is C4H9ClO3Zn. The fraction of sp³-hybridized carbons (Fsp3) is 1.00. The summed E-state index contributed by atoms with van der Waals surface area (Å²) in [6.45, 7) is 1.57. The monoisotopic (exact) mass is 204 g/mol. The van der Waals surface area contributed by atoms with E-state index < -0.39 is 16.5 Å². The molecule has 0 heterocycles. The molecule has 0 atom stereocenters. The molecule has 0 aromatic heterocycles. The summed E-state index contributed by atoms with van der Waals surface area (Å²) in [6, 6.07) is 0. The van der Waals surface area contributed by atoms with Crippen LogP contribution in [-0.2, 0) is 24.8 Å². The molecule has 0 amide bonds. The predicted octanol–water partition coefficient (Wildman–Crippen LogP) is 0.163. The van der Waals surface area contributed by atoms with Gasteiger partial charge in [0.2, 0.25) is 0 Å². The summed E-state index contributed by atoms with van der Waals surface area (Å²) in [5.41, 5.74) is 0. The van der Waals surface area contributed by atoms with Crippen LogP contribution in [0.4, 0.5) is 0 Å². The van der Waals surface area contributed by atoms with E-state index in [9.17, 15) is 0 Å². The molecule has 52 valence electrons. The van der Waals surface area contributed by atoms with Crippen LogP contribution in [-0.4, -0.2) is 31.5 Å². The zero-order chi connectivity index (χ0) is 6.95. The Hall–Kier alpha value is 0.793. The van der Waals surface area contributed by atoms with Gasteiger partial charge in [0.1, 0.15) is 0 Å². The second-order valence-corrected chi connectivity index (χ2v) is 3.80. The predicted molar refractivity (Wildman–Crippen MR) is 29.7 cm³/mol. The van der Waals surface area contributed by atoms with Crippen molar-refractivity contribution in [3.63, 3.8) is 0 Å². The SMILES string of the molecule is OCCOCC[O][Zn][Cl]. The Morgan fingerprint density at radius 3 is 2.67 bits per heavy atom. The summed E-state index contributed by atoms with van der Waals surface area (Å²) in [7, 11) is 5.37. The first kappa shape index (κ1) is 9.79. The molecule has 0 aliphatic heterocycles. The Morgan fingerprint density at radius 2 is 2.11 bits per heavy atom. The minimum atomic E-state index is -1.14. The van der Waals surface area contributed by atoms with E-state index in [0.717, 1.165) is 0 Å². The molecule has 0 aromatic rings. The molecule has 0 spiro atoms. The summed E-state index contributed by atoms with van der Waals surface area (Å²) in [6.07, 6.45) is 0. The first-order chi connectivity index (χ1) is 4.41. The van der Waals surface area contributed by atoms with E-state index >= 15 is 0 Å². The Morgan fingerprint density at radius 1 is 1.33 bits per heavy atom. The van der Waals surface area contributed by atoms with Gasteiger partial charge in [-0.15, -0.1) is 0 Å². The van der Waals surface area contributed by atoms with Gasteiger partial charge in [-0.05, 0) is 0 Å². The van der Waals surface area contributed by atoms with Crippen LogP contribution in [0.2, 0.25) is 0 Å². The van der Waals surface area contributed by atoms with Crippen LogP contribution in [0.3, 0.4) is 0 Å². The average molecular weight is 206 g/mol. The van der Waals surface area contributed by atoms with Gasteiger partial charge in [-0.3, -0.25) is 0 Å². The third-order valence-electron chi connectivity index (χ3n) is 0.685. The van der Waals surface area contributed by atoms with Crippen molar-refractivity contribution >= 4 is 9.69 Å². The van der Waals surface area contributed by atoms with Gasteiger partial charge < -0.3 is 0 Å². The third-order valence-corrected chi connectivity index (χ3v) is 2.42. The van der Waals surface area contributed by atoms with E-state index in [2.05, 4.69) is 0 Å². The molecule has 1 N–H and O–H groups in total. The summed E-state index contributed by atoms with van der Waals surface area (Å²) in [4.78, 5) is 0. The molecule has 9 heavy (non-hydrogen) atoms. The first-order valence-corrected chi connectivity index (χ1v) is 7.85. The molecule has 0 saturated heterocycles. The Balaban J connectivity index is 2.60. The van der Waals surface area contributed by atoms with Crippen LogP contribution in [0.15, 0.2) is 0 Å². The molecule has 0 bridgehead atoms. The maximum absolute atomic E-state index is 8.24. The molecular weight excluding hydrogens is 197 g/mol. The van der Waals surface area contributed by atoms with E-state index in [1.165, 1.54) is 0 Å². The fourth-order valence-corrected chi connectivity index (χ4v) is 1.38. The number of aliphatic hydroxyl groups excluding tert-OH is 1. The summed E-state index contributed by atoms with van der Waals surface area (Å²) in [5.74, 6) is 0. The van der Waals surface area contributed by atoms with Gasteiger partial charge in [-0.25, -0.2) is 0 Å². The standard InChI is InChI=1S/C4H9O3.ClH.Zn/c5-1-3-7-4-2-6;;/h5H,1-4H2;1H;/q-1;;+2/p-1. The van der Waals surface area contributed by atoms with Crippen LogP contribution < -0.4 is 0 Å². The minimum absolute atomic E-state index is 0.0717. The van der Waals surface area contributed by atoms with Crippen molar-refractivity contribution < 1.29 is 29.9 Å². The normalized spacial score (nSPS) is 9.11. The van der Waals surface area contributed by atoms with E-state index in [4.69, 9.17) is 23.1 Å². The summed E-state index contributed by atoms with van der Waals surface area (Å²) >= 11 is -1.14. The molecule has 0 radical (unpaired) electrons. The van der Waals surface area contributed by atoms with Crippen LogP contribution in [0, 0.1) is 0 Å². The Bertz CT molecular complexity index is 49.1. The number of hydrogen-bond acceptors (Lipinski definition) is 3. The number of rotatable bonds is 6. The van der Waals surface area contributed by atoms with E-state index in [1.54, 1.807) is 0 Å². The van der Waals surface area contributed by atoms with Crippen molar-refractivity contribution in [1.82, 2.24) is 0 Å². The molecule has 0 rings (SSSR count). The number of halogens is 1. The third kappa shape index (κ3) is 8.79. The van der Waals surface area contributed by atoms with Crippen molar-refractivity contribution in [2.75, 3.05) is 26.4 Å². The van der Waals surface area contributed by atoms with Crippen molar-refractivity contribution in [3.05, 3.63) is 0 Å². The average Bonchev–Trinajstić information content (AvgIpc) is 1.89. The quantitative estimate of drug-likeness (QED) is 0.497. The van der Waals surface area contributed by atoms with Crippen LogP contribution >= 0.6 is 9.69 Å². The van der Waals surface area contributed by atoms with E-state index in [1.807, 2.05) is 0 Å². The van der Waals surface area contributed by atoms with Gasteiger partial charge in [-0.1, -0.05) is 0 Å². The van der Waals surface area contributed by atoms with Gasteiger partial charge in [0.25, 0.3) is 0 Å². The Labute approximate surface area is 66.3 Å². The number of hydrogen-bond donors (Lipinski definition) is 1. The van der Waals surface area contributed by atoms with E-state index in [0.29, 0.717) is 19.8 Å². The van der Waals surface area contributed by atoms with Gasteiger partial charge in [0, 0.05) is 0 Å². The molecule has 0 saturated carbocycles. The second-order valence-electron chi connectivity index (χ2n) is 1.35. The number of ether oxygens (including phenoxy) is 1. The van der Waals surface area contributed by atoms with Gasteiger partial charge in [0.15, 0.2) is 0 Å². The zero-order valence-corrected chi connectivity index (χ0v) is 8.90. The Kier molecular flexibility index (Phi) is 9.57. The first-order valence-electron chi connectivity index (χ1n) is 2.74. The topological polar surface area (TPSA) is 38.7 Å². The van der Waals surface area contributed by atoms with Gasteiger partial charge in [0.05, 0.1) is 0 Å². The fourth-order valence-electron chi connectivity index (χ4n) is 0.339. The van der Waals surface area contributed by atoms with E-state index in [-0.39, 0.29) is 6.61 Å². The number of aliphatic hydroxyl groups is 1. The maximum atomic E-state index is 8.24. The molecule has 0 aromatic carbocycles. The molecule has 0 unspecified atom stereocenters. The van der Waals surface area contributed by atoms with Crippen molar-refractivity contribution in [3.8, 4) is 0 Å². The van der Waals surface area contributed by atoms with Crippen molar-refractivity contribution in [2.45, 2.75) is 0 Å². The second kappa shape index (κ2) is 8.79. The molecule has 0 fully saturated rings. The molecule has 3 nitrogen and oxygen atoms in total. The summed E-state index contributed by atoms with van der Waals surface area (Å²) < 4.78 is 9.81. The molecule has 0 aliphatic rings.